The van der Waals surface area contributed by atoms with Gasteiger partial charge in [-0.2, -0.15) is 4.98 Å². The van der Waals surface area contributed by atoms with Gasteiger partial charge in [0.2, 0.25) is 5.95 Å². The van der Waals surface area contributed by atoms with E-state index in [0.29, 0.717) is 17.8 Å². The third-order valence-corrected chi connectivity index (χ3v) is 2.87. The van der Waals surface area contributed by atoms with Gasteiger partial charge >= 0.3 is 0 Å². The van der Waals surface area contributed by atoms with Crippen molar-refractivity contribution in [2.75, 3.05) is 44.4 Å². The molecule has 94 valence electrons. The molecule has 1 fully saturated rings. The highest BCUT2D eigenvalue weighted by Crippen LogP contribution is 2.16. The van der Waals surface area contributed by atoms with Gasteiger partial charge in [0, 0.05) is 26.7 Å². The van der Waals surface area contributed by atoms with Gasteiger partial charge in [0.05, 0.1) is 6.20 Å². The van der Waals surface area contributed by atoms with E-state index in [9.17, 15) is 4.39 Å². The number of halogens is 1. The average Bonchev–Trinajstić information content (AvgIpc) is 2.66. The normalized spacial score (nSPS) is 20.6. The Morgan fingerprint density at radius 1 is 1.53 bits per heavy atom. The molecular weight excluding hydrogens is 221 g/mol. The first kappa shape index (κ1) is 12.0. The molecule has 0 amide bonds. The Hall–Kier alpha value is -1.43. The molecule has 1 saturated heterocycles. The Morgan fingerprint density at radius 3 is 2.88 bits per heavy atom. The van der Waals surface area contributed by atoms with Crippen molar-refractivity contribution in [3.8, 4) is 0 Å². The van der Waals surface area contributed by atoms with Gasteiger partial charge in [0.25, 0.3) is 0 Å². The van der Waals surface area contributed by atoms with Gasteiger partial charge in [-0.05, 0) is 20.0 Å². The van der Waals surface area contributed by atoms with Crippen molar-refractivity contribution >= 4 is 11.8 Å². The fourth-order valence-corrected chi connectivity index (χ4v) is 1.98. The van der Waals surface area contributed by atoms with Crippen LogP contribution in [0.25, 0.3) is 0 Å². The Morgan fingerprint density at radius 2 is 2.29 bits per heavy atom. The summed E-state index contributed by atoms with van der Waals surface area (Å²) in [7, 11) is 5.61. The lowest BCUT2D eigenvalue weighted by Crippen LogP contribution is -2.25. The topological polar surface area (TPSA) is 44.3 Å². The third-order valence-electron chi connectivity index (χ3n) is 2.87. The summed E-state index contributed by atoms with van der Waals surface area (Å²) in [6.45, 7) is 2.04. The summed E-state index contributed by atoms with van der Waals surface area (Å²) in [5.41, 5.74) is 0. The second-order valence-corrected chi connectivity index (χ2v) is 4.65. The maximum atomic E-state index is 13.4. The number of nitrogens with zero attached hydrogens (tertiary/aromatic N) is 4. The zero-order valence-corrected chi connectivity index (χ0v) is 10.4. The number of hydrogen-bond acceptors (Lipinski definition) is 5. The van der Waals surface area contributed by atoms with E-state index in [0.717, 1.165) is 19.5 Å². The second kappa shape index (κ2) is 4.83. The van der Waals surface area contributed by atoms with Crippen LogP contribution in [0.4, 0.5) is 16.2 Å². The second-order valence-electron chi connectivity index (χ2n) is 4.65. The minimum absolute atomic E-state index is 0.314. The van der Waals surface area contributed by atoms with E-state index in [2.05, 4.69) is 27.2 Å². The van der Waals surface area contributed by atoms with Crippen LogP contribution in [-0.4, -0.2) is 55.1 Å². The molecule has 2 heterocycles. The number of hydrogen-bond donors (Lipinski definition) is 1. The number of rotatable bonds is 3. The van der Waals surface area contributed by atoms with Crippen molar-refractivity contribution in [3.63, 3.8) is 0 Å². The van der Waals surface area contributed by atoms with E-state index < -0.39 is 5.82 Å². The quantitative estimate of drug-likeness (QED) is 0.845. The first-order chi connectivity index (χ1) is 8.06. The van der Waals surface area contributed by atoms with Crippen molar-refractivity contribution in [1.82, 2.24) is 14.9 Å². The zero-order chi connectivity index (χ0) is 12.4. The van der Waals surface area contributed by atoms with E-state index in [4.69, 9.17) is 0 Å². The summed E-state index contributed by atoms with van der Waals surface area (Å²) in [6.07, 6.45) is 2.28. The van der Waals surface area contributed by atoms with E-state index in [-0.39, 0.29) is 0 Å². The summed E-state index contributed by atoms with van der Waals surface area (Å²) in [6, 6.07) is 0.348. The minimum atomic E-state index is -0.399. The fraction of sp³-hybridized carbons (Fsp3) is 0.636. The molecule has 0 saturated carbocycles. The molecule has 0 aliphatic carbocycles. The smallest absolute Gasteiger partial charge is 0.225 e. The molecular formula is C11H18FN5. The van der Waals surface area contributed by atoms with Crippen LogP contribution in [0.1, 0.15) is 6.42 Å². The standard InChI is InChI=1S/C11H18FN5/c1-16(2)10-9(12)6-13-11(15-10)14-8-4-5-17(3)7-8/h6,8H,4-5,7H2,1-3H3,(H,13,14,15). The highest BCUT2D eigenvalue weighted by molar-refractivity contribution is 5.42. The SMILES string of the molecule is CN1CCC(Nc2ncc(F)c(N(C)C)n2)C1. The van der Waals surface area contributed by atoms with Crippen LogP contribution in [0, 0.1) is 5.82 Å². The molecule has 17 heavy (non-hydrogen) atoms. The molecule has 1 N–H and O–H groups in total. The lowest BCUT2D eigenvalue weighted by atomic mass is 10.3. The number of likely N-dealkylation sites (N-methyl/N-ethyl adjacent to an activating group) is 1. The first-order valence-electron chi connectivity index (χ1n) is 5.71. The maximum Gasteiger partial charge on any atom is 0.225 e. The highest BCUT2D eigenvalue weighted by atomic mass is 19.1. The fourth-order valence-electron chi connectivity index (χ4n) is 1.98. The van der Waals surface area contributed by atoms with Gasteiger partial charge in [-0.25, -0.2) is 9.37 Å². The lowest BCUT2D eigenvalue weighted by molar-refractivity contribution is 0.414. The van der Waals surface area contributed by atoms with Crippen LogP contribution >= 0.6 is 0 Å². The predicted octanol–water partition coefficient (Wildman–Crippen LogP) is 0.798. The molecule has 1 atom stereocenters. The Labute approximate surface area is 101 Å². The van der Waals surface area contributed by atoms with Gasteiger partial charge in [-0.15, -0.1) is 0 Å². The summed E-state index contributed by atoms with van der Waals surface area (Å²) in [5.74, 6) is 0.411. The summed E-state index contributed by atoms with van der Waals surface area (Å²) in [4.78, 5) is 12.0. The van der Waals surface area contributed by atoms with Crippen LogP contribution in [-0.2, 0) is 0 Å². The molecule has 0 spiro atoms. The molecule has 1 aliphatic heterocycles. The molecule has 1 unspecified atom stereocenters. The number of likely N-dealkylation sites (tertiary alicyclic amines) is 1. The third kappa shape index (κ3) is 2.82. The summed E-state index contributed by atoms with van der Waals surface area (Å²) < 4.78 is 13.4. The molecule has 0 bridgehead atoms. The van der Waals surface area contributed by atoms with Crippen molar-refractivity contribution < 1.29 is 4.39 Å². The summed E-state index contributed by atoms with van der Waals surface area (Å²) in [5, 5.41) is 3.24. The van der Waals surface area contributed by atoms with E-state index in [1.165, 1.54) is 6.20 Å². The van der Waals surface area contributed by atoms with Gasteiger partial charge in [-0.3, -0.25) is 0 Å². The molecule has 0 aromatic carbocycles. The molecule has 1 aliphatic rings. The van der Waals surface area contributed by atoms with Crippen molar-refractivity contribution in [1.29, 1.82) is 0 Å². The van der Waals surface area contributed by atoms with E-state index >= 15 is 0 Å². The van der Waals surface area contributed by atoms with Gasteiger partial charge in [-0.1, -0.05) is 0 Å². The van der Waals surface area contributed by atoms with E-state index in [1.807, 2.05) is 0 Å². The first-order valence-corrected chi connectivity index (χ1v) is 5.71. The molecule has 0 radical (unpaired) electrons. The van der Waals surface area contributed by atoms with Crippen molar-refractivity contribution in [2.45, 2.75) is 12.5 Å². The summed E-state index contributed by atoms with van der Waals surface area (Å²) >= 11 is 0. The van der Waals surface area contributed by atoms with Gasteiger partial charge in [0.15, 0.2) is 11.6 Å². The maximum absolute atomic E-state index is 13.4. The molecule has 6 heteroatoms. The zero-order valence-electron chi connectivity index (χ0n) is 10.4. The van der Waals surface area contributed by atoms with Gasteiger partial charge in [0.1, 0.15) is 0 Å². The van der Waals surface area contributed by atoms with Crippen molar-refractivity contribution in [3.05, 3.63) is 12.0 Å². The Kier molecular flexibility index (Phi) is 3.42. The van der Waals surface area contributed by atoms with Crippen LogP contribution in [0.5, 0.6) is 0 Å². The lowest BCUT2D eigenvalue weighted by Gasteiger charge is -2.16. The Balaban J connectivity index is 2.08. The Bertz CT molecular complexity index is 395. The number of anilines is 2. The monoisotopic (exact) mass is 239 g/mol. The number of aromatic nitrogens is 2. The van der Waals surface area contributed by atoms with Crippen LogP contribution in [0.15, 0.2) is 6.20 Å². The average molecular weight is 239 g/mol. The number of nitrogens with one attached hydrogen (secondary N) is 1. The highest BCUT2D eigenvalue weighted by Gasteiger charge is 2.20. The molecule has 5 nitrogen and oxygen atoms in total. The minimum Gasteiger partial charge on any atom is -0.360 e. The van der Waals surface area contributed by atoms with Crippen LogP contribution < -0.4 is 10.2 Å². The van der Waals surface area contributed by atoms with Crippen LogP contribution in [0.3, 0.4) is 0 Å². The van der Waals surface area contributed by atoms with Crippen LogP contribution in [0.2, 0.25) is 0 Å². The molecule has 2 rings (SSSR count). The largest absolute Gasteiger partial charge is 0.360 e. The van der Waals surface area contributed by atoms with E-state index in [1.54, 1.807) is 19.0 Å². The molecule has 1 aromatic rings. The molecule has 1 aromatic heterocycles. The van der Waals surface area contributed by atoms with Crippen molar-refractivity contribution in [2.24, 2.45) is 0 Å². The van der Waals surface area contributed by atoms with Gasteiger partial charge < -0.3 is 15.1 Å². The predicted molar refractivity (Wildman–Crippen MR) is 65.8 cm³/mol.